The van der Waals surface area contributed by atoms with Gasteiger partial charge in [0.2, 0.25) is 0 Å². The summed E-state index contributed by atoms with van der Waals surface area (Å²) in [5, 5.41) is 5.74. The Hall–Kier alpha value is -1.02. The molecule has 8 heteroatoms. The highest BCUT2D eigenvalue weighted by Crippen LogP contribution is 2.18. The van der Waals surface area contributed by atoms with Gasteiger partial charge < -0.3 is 5.32 Å². The Morgan fingerprint density at radius 1 is 1.53 bits per heavy atom. The summed E-state index contributed by atoms with van der Waals surface area (Å²) in [5.74, 6) is -0.0730. The molecule has 1 fully saturated rings. The van der Waals surface area contributed by atoms with Crippen LogP contribution in [-0.2, 0) is 9.84 Å². The van der Waals surface area contributed by atoms with E-state index in [4.69, 9.17) is 0 Å². The van der Waals surface area contributed by atoms with Crippen molar-refractivity contribution in [1.29, 1.82) is 0 Å². The molecule has 1 aliphatic heterocycles. The summed E-state index contributed by atoms with van der Waals surface area (Å²) in [5.41, 5.74) is 0. The summed E-state index contributed by atoms with van der Waals surface area (Å²) in [6.45, 7) is 0.180. The van der Waals surface area contributed by atoms with Crippen LogP contribution in [0, 0.1) is 0 Å². The van der Waals surface area contributed by atoms with Gasteiger partial charge in [0.05, 0.1) is 17.2 Å². The van der Waals surface area contributed by atoms with Crippen LogP contribution in [0.1, 0.15) is 28.9 Å². The van der Waals surface area contributed by atoms with Crippen molar-refractivity contribution in [1.82, 2.24) is 14.9 Å². The van der Waals surface area contributed by atoms with Gasteiger partial charge in [-0.3, -0.25) is 4.79 Å². The lowest BCUT2D eigenvalue weighted by Crippen LogP contribution is -2.39. The quantitative estimate of drug-likeness (QED) is 0.853. The maximum Gasteiger partial charge on any atom is 0.264 e. The Bertz CT molecular complexity index is 484. The van der Waals surface area contributed by atoms with Gasteiger partial charge in [-0.2, -0.15) is 0 Å². The summed E-state index contributed by atoms with van der Waals surface area (Å²) in [6, 6.07) is 0. The van der Waals surface area contributed by atoms with Crippen LogP contribution in [0.15, 0.2) is 6.20 Å². The van der Waals surface area contributed by atoms with E-state index in [9.17, 15) is 13.2 Å². The maximum absolute atomic E-state index is 11.7. The van der Waals surface area contributed by atoms with Crippen molar-refractivity contribution in [2.75, 3.05) is 12.3 Å². The third kappa shape index (κ3) is 3.01. The number of aromatic nitrogens is 2. The highest BCUT2D eigenvalue weighted by atomic mass is 32.2. The molecule has 0 spiro atoms. The minimum absolute atomic E-state index is 0.180. The van der Waals surface area contributed by atoms with Crippen molar-refractivity contribution >= 4 is 27.3 Å². The summed E-state index contributed by atoms with van der Waals surface area (Å²) in [7, 11) is -3.03. The second kappa shape index (κ2) is 5.09. The number of rotatable bonds is 3. The Morgan fingerprint density at radius 2 is 2.35 bits per heavy atom. The van der Waals surface area contributed by atoms with Crippen LogP contribution in [-0.4, -0.2) is 41.5 Å². The molecular formula is C9H13N3O3S2. The lowest BCUT2D eigenvalue weighted by Gasteiger charge is -2.22. The van der Waals surface area contributed by atoms with Crippen LogP contribution in [0.4, 0.5) is 0 Å². The van der Waals surface area contributed by atoms with Gasteiger partial charge in [-0.15, -0.1) is 5.10 Å². The van der Waals surface area contributed by atoms with Crippen molar-refractivity contribution < 1.29 is 13.2 Å². The van der Waals surface area contributed by atoms with Crippen LogP contribution >= 0.6 is 11.5 Å². The first-order valence-electron chi connectivity index (χ1n) is 5.37. The zero-order valence-electron chi connectivity index (χ0n) is 9.13. The van der Waals surface area contributed by atoms with Gasteiger partial charge in [0.15, 0.2) is 9.84 Å². The van der Waals surface area contributed by atoms with Gasteiger partial charge in [-0.25, -0.2) is 8.42 Å². The van der Waals surface area contributed by atoms with Crippen molar-refractivity contribution in [2.24, 2.45) is 0 Å². The van der Waals surface area contributed by atoms with Crippen LogP contribution in [0.25, 0.3) is 0 Å². The van der Waals surface area contributed by atoms with Gasteiger partial charge in [-0.1, -0.05) is 10.9 Å². The average Bonchev–Trinajstić information content (AvgIpc) is 2.80. The molecule has 1 unspecified atom stereocenters. The second-order valence-corrected chi connectivity index (χ2v) is 7.16. The Labute approximate surface area is 104 Å². The first-order valence-corrected chi connectivity index (χ1v) is 7.85. The molecule has 0 aromatic carbocycles. The van der Waals surface area contributed by atoms with E-state index in [1.165, 1.54) is 6.20 Å². The third-order valence-electron chi connectivity index (χ3n) is 2.79. The fourth-order valence-electron chi connectivity index (χ4n) is 1.81. The zero-order valence-corrected chi connectivity index (χ0v) is 10.8. The molecular weight excluding hydrogens is 262 g/mol. The molecule has 2 rings (SSSR count). The topological polar surface area (TPSA) is 89.0 Å². The number of nitrogens with zero attached hydrogens (tertiary/aromatic N) is 2. The lowest BCUT2D eigenvalue weighted by molar-refractivity contribution is 0.0957. The predicted molar refractivity (Wildman–Crippen MR) is 63.7 cm³/mol. The van der Waals surface area contributed by atoms with E-state index in [0.717, 1.165) is 24.4 Å². The standard InChI is InChI=1S/C9H13N3O3S2/c13-9(8-6-11-12-16-8)10-5-7-3-1-2-4-17(7,14)15/h6-7H,1-5H2,(H,10,13). The summed E-state index contributed by atoms with van der Waals surface area (Å²) in [6.07, 6.45) is 3.63. The molecule has 0 radical (unpaired) electrons. The normalized spacial score (nSPS) is 23.2. The molecule has 1 aromatic rings. The monoisotopic (exact) mass is 275 g/mol. The number of amides is 1. The third-order valence-corrected chi connectivity index (χ3v) is 5.73. The van der Waals surface area contributed by atoms with Crippen molar-refractivity contribution in [3.05, 3.63) is 11.1 Å². The molecule has 1 atom stereocenters. The number of nitrogens with one attached hydrogen (secondary N) is 1. The molecule has 17 heavy (non-hydrogen) atoms. The fraction of sp³-hybridized carbons (Fsp3) is 0.667. The molecule has 6 nitrogen and oxygen atoms in total. The molecule has 1 saturated heterocycles. The van der Waals surface area contributed by atoms with Crippen molar-refractivity contribution in [3.63, 3.8) is 0 Å². The van der Waals surface area contributed by atoms with Gasteiger partial charge in [0.1, 0.15) is 4.88 Å². The number of carbonyl (C=O) groups is 1. The fourth-order valence-corrected chi connectivity index (χ4v) is 4.05. The molecule has 1 aliphatic rings. The molecule has 1 aromatic heterocycles. The maximum atomic E-state index is 11.7. The van der Waals surface area contributed by atoms with Crippen LogP contribution in [0.3, 0.4) is 0 Å². The minimum atomic E-state index is -3.03. The summed E-state index contributed by atoms with van der Waals surface area (Å²) in [4.78, 5) is 12.0. The SMILES string of the molecule is O=C(NCC1CCCCS1(=O)=O)c1cnns1. The molecule has 0 bridgehead atoms. The number of carbonyl (C=O) groups excluding carboxylic acids is 1. The van der Waals surface area contributed by atoms with Crippen molar-refractivity contribution in [2.45, 2.75) is 24.5 Å². The molecule has 1 amide bonds. The van der Waals surface area contributed by atoms with Crippen LogP contribution in [0.2, 0.25) is 0 Å². The molecule has 94 valence electrons. The van der Waals surface area contributed by atoms with Crippen LogP contribution in [0.5, 0.6) is 0 Å². The molecule has 0 aliphatic carbocycles. The Kier molecular flexibility index (Phi) is 3.72. The second-order valence-electron chi connectivity index (χ2n) is 3.98. The average molecular weight is 275 g/mol. The first kappa shape index (κ1) is 12.4. The summed E-state index contributed by atoms with van der Waals surface area (Å²) >= 11 is 0.995. The molecule has 0 saturated carbocycles. The van der Waals surface area contributed by atoms with Gasteiger partial charge >= 0.3 is 0 Å². The van der Waals surface area contributed by atoms with Gasteiger partial charge in [-0.05, 0) is 24.4 Å². The van der Waals surface area contributed by atoms with Gasteiger partial charge in [0.25, 0.3) is 5.91 Å². The van der Waals surface area contributed by atoms with Gasteiger partial charge in [0, 0.05) is 6.54 Å². The first-order chi connectivity index (χ1) is 8.09. The van der Waals surface area contributed by atoms with E-state index < -0.39 is 15.1 Å². The van der Waals surface area contributed by atoms with Crippen molar-refractivity contribution in [3.8, 4) is 0 Å². The minimum Gasteiger partial charge on any atom is -0.350 e. The number of hydrogen-bond acceptors (Lipinski definition) is 6. The van der Waals surface area contributed by atoms with E-state index in [1.54, 1.807) is 0 Å². The highest BCUT2D eigenvalue weighted by Gasteiger charge is 2.29. The predicted octanol–water partition coefficient (Wildman–Crippen LogP) is 0.235. The largest absolute Gasteiger partial charge is 0.350 e. The summed E-state index contributed by atoms with van der Waals surface area (Å²) < 4.78 is 27.0. The van der Waals surface area contributed by atoms with E-state index in [1.807, 2.05) is 0 Å². The highest BCUT2D eigenvalue weighted by molar-refractivity contribution is 7.92. The van der Waals surface area contributed by atoms with E-state index in [2.05, 4.69) is 14.9 Å². The van der Waals surface area contributed by atoms with Crippen LogP contribution < -0.4 is 5.32 Å². The lowest BCUT2D eigenvalue weighted by atomic mass is 10.2. The Morgan fingerprint density at radius 3 is 3.00 bits per heavy atom. The Balaban J connectivity index is 1.92. The molecule has 2 heterocycles. The number of sulfone groups is 1. The van der Waals surface area contributed by atoms with E-state index in [0.29, 0.717) is 11.3 Å². The smallest absolute Gasteiger partial charge is 0.264 e. The zero-order chi connectivity index (χ0) is 12.3. The number of hydrogen-bond donors (Lipinski definition) is 1. The van der Waals surface area contributed by atoms with E-state index in [-0.39, 0.29) is 18.2 Å². The molecule has 1 N–H and O–H groups in total. The van der Waals surface area contributed by atoms with E-state index >= 15 is 0 Å².